The van der Waals surface area contributed by atoms with Crippen molar-refractivity contribution in [2.24, 2.45) is 0 Å². The van der Waals surface area contributed by atoms with Gasteiger partial charge in [0, 0.05) is 10.8 Å². The first-order chi connectivity index (χ1) is 6.68. The number of hydrogen-bond donors (Lipinski definition) is 1. The summed E-state index contributed by atoms with van der Waals surface area (Å²) in [5, 5.41) is 10.2. The fourth-order valence-electron chi connectivity index (χ4n) is 1.60. The van der Waals surface area contributed by atoms with Crippen molar-refractivity contribution in [3.05, 3.63) is 34.1 Å². The number of benzene rings is 1. The van der Waals surface area contributed by atoms with E-state index < -0.39 is 6.10 Å². The first-order valence-corrected chi connectivity index (χ1v) is 5.95. The summed E-state index contributed by atoms with van der Waals surface area (Å²) in [6, 6.07) is 2.69. The van der Waals surface area contributed by atoms with Crippen LogP contribution in [0.3, 0.4) is 0 Å². The molecule has 1 atom stereocenters. The van der Waals surface area contributed by atoms with Crippen LogP contribution in [-0.2, 0) is 5.75 Å². The number of hydrogen-bond acceptors (Lipinski definition) is 2. The van der Waals surface area contributed by atoms with Gasteiger partial charge in [-0.3, -0.25) is 0 Å². The van der Waals surface area contributed by atoms with Gasteiger partial charge in [0.05, 0.1) is 6.10 Å². The van der Waals surface area contributed by atoms with E-state index in [1.54, 1.807) is 11.8 Å². The van der Waals surface area contributed by atoms with Crippen LogP contribution in [0.15, 0.2) is 12.1 Å². The lowest BCUT2D eigenvalue weighted by Gasteiger charge is -2.12. The Morgan fingerprint density at radius 2 is 2.29 bits per heavy atom. The summed E-state index contributed by atoms with van der Waals surface area (Å²) in [4.78, 5) is 0. The van der Waals surface area contributed by atoms with Crippen molar-refractivity contribution in [1.82, 2.24) is 0 Å². The van der Waals surface area contributed by atoms with Gasteiger partial charge in [-0.05, 0) is 35.4 Å². The molecule has 4 heteroatoms. The molecule has 76 valence electrons. The third kappa shape index (κ3) is 1.90. The van der Waals surface area contributed by atoms with Crippen molar-refractivity contribution in [2.45, 2.75) is 18.3 Å². The highest BCUT2D eigenvalue weighted by atomic mass is 35.5. The lowest BCUT2D eigenvalue weighted by molar-refractivity contribution is 0.174. The van der Waals surface area contributed by atoms with Crippen molar-refractivity contribution in [2.75, 3.05) is 5.75 Å². The highest BCUT2D eigenvalue weighted by Crippen LogP contribution is 2.35. The van der Waals surface area contributed by atoms with Gasteiger partial charge in [0.25, 0.3) is 0 Å². The maximum atomic E-state index is 13.1. The van der Waals surface area contributed by atoms with Gasteiger partial charge in [-0.15, -0.1) is 0 Å². The fraction of sp³-hybridized carbons (Fsp3) is 0.400. The Balaban J connectivity index is 2.53. The van der Waals surface area contributed by atoms with E-state index in [-0.39, 0.29) is 5.82 Å². The van der Waals surface area contributed by atoms with Crippen LogP contribution in [0, 0.1) is 5.82 Å². The number of aliphatic hydroxyl groups excluding tert-OH is 1. The molecule has 0 aliphatic carbocycles. The Morgan fingerprint density at radius 3 is 3.07 bits per heavy atom. The molecule has 1 N–H and O–H groups in total. The summed E-state index contributed by atoms with van der Waals surface area (Å²) < 4.78 is 13.1. The Kier molecular flexibility index (Phi) is 3.00. The zero-order valence-corrected chi connectivity index (χ0v) is 9.04. The van der Waals surface area contributed by atoms with Crippen LogP contribution in [0.25, 0.3) is 0 Å². The van der Waals surface area contributed by atoms with E-state index in [0.717, 1.165) is 17.1 Å². The number of thioether (sulfide) groups is 1. The zero-order valence-electron chi connectivity index (χ0n) is 7.46. The van der Waals surface area contributed by atoms with Gasteiger partial charge < -0.3 is 5.11 Å². The van der Waals surface area contributed by atoms with E-state index >= 15 is 0 Å². The highest BCUT2D eigenvalue weighted by molar-refractivity contribution is 7.98. The summed E-state index contributed by atoms with van der Waals surface area (Å²) in [6.45, 7) is 0. The lowest BCUT2D eigenvalue weighted by Crippen LogP contribution is -2.01. The number of fused-ring (bicyclic) bond motifs is 1. The van der Waals surface area contributed by atoms with Gasteiger partial charge in [0.15, 0.2) is 0 Å². The molecule has 0 unspecified atom stereocenters. The SMILES string of the molecule is O[C@H]1CCSCc2c(Cl)cc(F)cc21. The van der Waals surface area contributed by atoms with Crippen molar-refractivity contribution < 1.29 is 9.50 Å². The van der Waals surface area contributed by atoms with Gasteiger partial charge in [0.2, 0.25) is 0 Å². The molecule has 0 radical (unpaired) electrons. The maximum Gasteiger partial charge on any atom is 0.125 e. The Bertz CT molecular complexity index is 356. The second-order valence-electron chi connectivity index (χ2n) is 3.31. The molecule has 0 saturated carbocycles. The second kappa shape index (κ2) is 4.09. The first kappa shape index (κ1) is 10.3. The van der Waals surface area contributed by atoms with Crippen molar-refractivity contribution >= 4 is 23.4 Å². The molecule has 0 amide bonds. The molecular formula is C10H10ClFOS. The molecular weight excluding hydrogens is 223 g/mol. The van der Waals surface area contributed by atoms with Crippen molar-refractivity contribution in [3.8, 4) is 0 Å². The third-order valence-corrected chi connectivity index (χ3v) is 3.69. The minimum atomic E-state index is -0.576. The molecule has 0 bridgehead atoms. The smallest absolute Gasteiger partial charge is 0.125 e. The third-order valence-electron chi connectivity index (χ3n) is 2.34. The standard InChI is InChI=1S/C10H10ClFOS/c11-9-4-6(12)3-7-8(9)5-14-2-1-10(7)13/h3-4,10,13H,1-2,5H2/t10-/m0/s1. The summed E-state index contributed by atoms with van der Waals surface area (Å²) in [5.74, 6) is 1.26. The second-order valence-corrected chi connectivity index (χ2v) is 4.82. The Morgan fingerprint density at radius 1 is 1.50 bits per heavy atom. The summed E-state index contributed by atoms with van der Waals surface area (Å²) >= 11 is 7.64. The van der Waals surface area contributed by atoms with E-state index in [1.165, 1.54) is 12.1 Å². The van der Waals surface area contributed by atoms with Crippen LogP contribution in [-0.4, -0.2) is 10.9 Å². The zero-order chi connectivity index (χ0) is 10.1. The highest BCUT2D eigenvalue weighted by Gasteiger charge is 2.19. The van der Waals surface area contributed by atoms with E-state index in [2.05, 4.69) is 0 Å². The van der Waals surface area contributed by atoms with E-state index in [0.29, 0.717) is 17.0 Å². The van der Waals surface area contributed by atoms with Crippen molar-refractivity contribution in [1.29, 1.82) is 0 Å². The molecule has 1 heterocycles. The monoisotopic (exact) mass is 232 g/mol. The molecule has 1 aliphatic heterocycles. The van der Waals surface area contributed by atoms with Crippen LogP contribution in [0.5, 0.6) is 0 Å². The predicted molar refractivity (Wildman–Crippen MR) is 57.1 cm³/mol. The molecule has 1 aromatic carbocycles. The molecule has 1 aliphatic rings. The van der Waals surface area contributed by atoms with Crippen LogP contribution in [0.1, 0.15) is 23.7 Å². The van der Waals surface area contributed by atoms with Gasteiger partial charge >= 0.3 is 0 Å². The number of halogens is 2. The molecule has 14 heavy (non-hydrogen) atoms. The molecule has 1 aromatic rings. The summed E-state index contributed by atoms with van der Waals surface area (Å²) in [6.07, 6.45) is 0.0884. The average Bonchev–Trinajstić information content (AvgIpc) is 2.29. The number of aliphatic hydroxyl groups is 1. The minimum absolute atomic E-state index is 0.375. The summed E-state index contributed by atoms with van der Waals surface area (Å²) in [5.41, 5.74) is 1.53. The van der Waals surface area contributed by atoms with Gasteiger partial charge in [-0.2, -0.15) is 11.8 Å². The largest absolute Gasteiger partial charge is 0.388 e. The quantitative estimate of drug-likeness (QED) is 0.742. The first-order valence-electron chi connectivity index (χ1n) is 4.42. The Hall–Kier alpha value is -0.250. The average molecular weight is 233 g/mol. The van der Waals surface area contributed by atoms with Crippen molar-refractivity contribution in [3.63, 3.8) is 0 Å². The molecule has 0 fully saturated rings. The molecule has 0 spiro atoms. The normalized spacial score (nSPS) is 21.5. The summed E-state index contributed by atoms with van der Waals surface area (Å²) in [7, 11) is 0. The van der Waals surface area contributed by atoms with Gasteiger partial charge in [-0.1, -0.05) is 11.6 Å². The lowest BCUT2D eigenvalue weighted by atomic mass is 10.0. The number of rotatable bonds is 0. The predicted octanol–water partition coefficient (Wildman–Crippen LogP) is 3.15. The Labute approximate surface area is 91.3 Å². The van der Waals surface area contributed by atoms with E-state index in [9.17, 15) is 9.50 Å². The van der Waals surface area contributed by atoms with Crippen LogP contribution >= 0.6 is 23.4 Å². The molecule has 1 nitrogen and oxygen atoms in total. The van der Waals surface area contributed by atoms with E-state index in [4.69, 9.17) is 11.6 Å². The molecule has 0 saturated heterocycles. The fourth-order valence-corrected chi connectivity index (χ4v) is 3.02. The maximum absolute atomic E-state index is 13.1. The van der Waals surface area contributed by atoms with Crippen LogP contribution < -0.4 is 0 Å². The minimum Gasteiger partial charge on any atom is -0.388 e. The van der Waals surface area contributed by atoms with Gasteiger partial charge in [0.1, 0.15) is 5.82 Å². The van der Waals surface area contributed by atoms with Crippen LogP contribution in [0.4, 0.5) is 4.39 Å². The van der Waals surface area contributed by atoms with E-state index in [1.807, 2.05) is 0 Å². The topological polar surface area (TPSA) is 20.2 Å². The van der Waals surface area contributed by atoms with Gasteiger partial charge in [-0.25, -0.2) is 4.39 Å². The molecule has 2 rings (SSSR count). The molecule has 0 aromatic heterocycles. The van der Waals surface area contributed by atoms with Crippen LogP contribution in [0.2, 0.25) is 5.02 Å².